The zero-order chi connectivity index (χ0) is 9.14. The summed E-state index contributed by atoms with van der Waals surface area (Å²) in [6.07, 6.45) is 0. The lowest BCUT2D eigenvalue weighted by Gasteiger charge is -2.35. The molecule has 0 unspecified atom stereocenters. The molecule has 0 atom stereocenters. The minimum absolute atomic E-state index is 0.177. The van der Waals surface area contributed by atoms with Crippen molar-refractivity contribution in [3.8, 4) is 0 Å². The van der Waals surface area contributed by atoms with Crippen molar-refractivity contribution in [1.82, 2.24) is 9.80 Å². The summed E-state index contributed by atoms with van der Waals surface area (Å²) in [6.45, 7) is 8.21. The van der Waals surface area contributed by atoms with E-state index in [9.17, 15) is 4.79 Å². The van der Waals surface area contributed by atoms with Gasteiger partial charge in [-0.05, 0) is 13.8 Å². The van der Waals surface area contributed by atoms with Gasteiger partial charge in [0.15, 0.2) is 0 Å². The lowest BCUT2D eigenvalue weighted by Crippen LogP contribution is -2.49. The number of hydrogen-bond acceptors (Lipinski definition) is 2. The van der Waals surface area contributed by atoms with E-state index in [2.05, 4.69) is 18.7 Å². The van der Waals surface area contributed by atoms with Gasteiger partial charge in [-0.3, -0.25) is 9.69 Å². The molecule has 70 valence electrons. The van der Waals surface area contributed by atoms with Crippen LogP contribution in [0.15, 0.2) is 0 Å². The molecule has 0 bridgehead atoms. The van der Waals surface area contributed by atoms with Gasteiger partial charge in [-0.15, -0.1) is 0 Å². The maximum Gasteiger partial charge on any atom is 0.283 e. The summed E-state index contributed by atoms with van der Waals surface area (Å²) in [5.74, 6) is 0. The number of halogens is 1. The minimum Gasteiger partial charge on any atom is -0.332 e. The van der Waals surface area contributed by atoms with Crippen molar-refractivity contribution < 1.29 is 4.79 Å². The number of piperazine rings is 1. The average Bonchev–Trinajstić information content (AvgIpc) is 2.04. The highest BCUT2D eigenvalue weighted by Crippen LogP contribution is 2.08. The number of rotatable bonds is 1. The number of carbonyl (C=O) groups excluding carboxylic acids is 1. The molecule has 12 heavy (non-hydrogen) atoms. The van der Waals surface area contributed by atoms with Crippen LogP contribution in [0.4, 0.5) is 4.79 Å². The van der Waals surface area contributed by atoms with Gasteiger partial charge in [0.1, 0.15) is 0 Å². The van der Waals surface area contributed by atoms with Crippen molar-refractivity contribution in [3.05, 3.63) is 0 Å². The molecule has 3 nitrogen and oxygen atoms in total. The summed E-state index contributed by atoms with van der Waals surface area (Å²) in [7, 11) is 0. The molecule has 1 aliphatic heterocycles. The quantitative estimate of drug-likeness (QED) is 0.414. The van der Waals surface area contributed by atoms with Crippen molar-refractivity contribution in [1.29, 1.82) is 0 Å². The summed E-state index contributed by atoms with van der Waals surface area (Å²) < 4.78 is 0.177. The predicted molar refractivity (Wildman–Crippen MR) is 57.7 cm³/mol. The largest absolute Gasteiger partial charge is 0.332 e. The van der Waals surface area contributed by atoms with E-state index in [1.165, 1.54) is 0 Å². The molecule has 0 saturated carbocycles. The topological polar surface area (TPSA) is 23.6 Å². The lowest BCUT2D eigenvalue weighted by atomic mass is 10.2. The Morgan fingerprint density at radius 2 is 1.75 bits per heavy atom. The van der Waals surface area contributed by atoms with E-state index in [1.54, 1.807) is 0 Å². The van der Waals surface area contributed by atoms with Crippen molar-refractivity contribution in [3.63, 3.8) is 0 Å². The SMILES string of the molecule is CC(C)N1CCN(C(=O)I)CC1. The highest BCUT2D eigenvalue weighted by Gasteiger charge is 2.20. The van der Waals surface area contributed by atoms with Crippen molar-refractivity contribution in [2.45, 2.75) is 19.9 Å². The molecule has 4 heteroatoms. The second-order valence-electron chi connectivity index (χ2n) is 3.37. The third kappa shape index (κ3) is 2.58. The fourth-order valence-corrected chi connectivity index (χ4v) is 1.90. The summed E-state index contributed by atoms with van der Waals surface area (Å²) in [6, 6.07) is 0.608. The maximum absolute atomic E-state index is 11.0. The van der Waals surface area contributed by atoms with Crippen molar-refractivity contribution >= 4 is 26.5 Å². The standard InChI is InChI=1S/C8H15IN2O/c1-7(2)10-3-5-11(6-4-10)8(9)12/h7H,3-6H2,1-2H3. The Bertz CT molecular complexity index is 164. The zero-order valence-electron chi connectivity index (χ0n) is 7.59. The van der Waals surface area contributed by atoms with Crippen LogP contribution in [0.2, 0.25) is 0 Å². The van der Waals surface area contributed by atoms with Crippen LogP contribution in [0, 0.1) is 0 Å². The van der Waals surface area contributed by atoms with Gasteiger partial charge >= 0.3 is 0 Å². The first kappa shape index (κ1) is 10.2. The molecule has 1 amide bonds. The summed E-state index contributed by atoms with van der Waals surface area (Å²) in [5.41, 5.74) is 0. The highest BCUT2D eigenvalue weighted by atomic mass is 127. The van der Waals surface area contributed by atoms with Crippen LogP contribution in [-0.4, -0.2) is 45.9 Å². The van der Waals surface area contributed by atoms with E-state index in [0.29, 0.717) is 6.04 Å². The smallest absolute Gasteiger partial charge is 0.283 e. The average molecular weight is 282 g/mol. The van der Waals surface area contributed by atoms with E-state index in [4.69, 9.17) is 0 Å². The second kappa shape index (κ2) is 4.41. The Morgan fingerprint density at radius 1 is 1.25 bits per heavy atom. The predicted octanol–water partition coefficient (Wildman–Crippen LogP) is 1.57. The molecule has 1 aliphatic rings. The van der Waals surface area contributed by atoms with Gasteiger partial charge in [-0.1, -0.05) is 0 Å². The molecule has 1 fully saturated rings. The van der Waals surface area contributed by atoms with Gasteiger partial charge in [0, 0.05) is 54.8 Å². The number of amides is 1. The molecule has 0 N–H and O–H groups in total. The van der Waals surface area contributed by atoms with E-state index < -0.39 is 0 Å². The van der Waals surface area contributed by atoms with Crippen LogP contribution < -0.4 is 0 Å². The molecule has 0 aromatic heterocycles. The van der Waals surface area contributed by atoms with E-state index in [0.717, 1.165) is 26.2 Å². The molecular formula is C8H15IN2O. The number of carbonyl (C=O) groups is 1. The molecule has 0 spiro atoms. The van der Waals surface area contributed by atoms with Crippen LogP contribution in [0.3, 0.4) is 0 Å². The molecular weight excluding hydrogens is 267 g/mol. The van der Waals surface area contributed by atoms with E-state index in [-0.39, 0.29) is 3.91 Å². The van der Waals surface area contributed by atoms with Crippen LogP contribution in [0.5, 0.6) is 0 Å². The fourth-order valence-electron chi connectivity index (χ4n) is 1.41. The molecule has 1 saturated heterocycles. The number of nitrogens with zero attached hydrogens (tertiary/aromatic N) is 2. The Morgan fingerprint density at radius 3 is 2.08 bits per heavy atom. The van der Waals surface area contributed by atoms with Crippen LogP contribution >= 0.6 is 22.6 Å². The van der Waals surface area contributed by atoms with Gasteiger partial charge < -0.3 is 4.90 Å². The molecule has 0 aromatic rings. The molecule has 1 rings (SSSR count). The van der Waals surface area contributed by atoms with Crippen LogP contribution in [-0.2, 0) is 0 Å². The maximum atomic E-state index is 11.0. The monoisotopic (exact) mass is 282 g/mol. The van der Waals surface area contributed by atoms with Crippen LogP contribution in [0.1, 0.15) is 13.8 Å². The Hall–Kier alpha value is 0.160. The number of hydrogen-bond donors (Lipinski definition) is 0. The zero-order valence-corrected chi connectivity index (χ0v) is 9.74. The van der Waals surface area contributed by atoms with Gasteiger partial charge in [-0.25, -0.2) is 0 Å². The second-order valence-corrected chi connectivity index (χ2v) is 4.29. The van der Waals surface area contributed by atoms with Gasteiger partial charge in [0.25, 0.3) is 3.91 Å². The van der Waals surface area contributed by atoms with Gasteiger partial charge in [0.05, 0.1) is 0 Å². The van der Waals surface area contributed by atoms with Gasteiger partial charge in [-0.2, -0.15) is 0 Å². The highest BCUT2D eigenvalue weighted by molar-refractivity contribution is 14.1. The first-order valence-electron chi connectivity index (χ1n) is 4.29. The fraction of sp³-hybridized carbons (Fsp3) is 0.875. The van der Waals surface area contributed by atoms with Crippen molar-refractivity contribution in [2.75, 3.05) is 26.2 Å². The summed E-state index contributed by atoms with van der Waals surface area (Å²) >= 11 is 1.85. The lowest BCUT2D eigenvalue weighted by molar-refractivity contribution is 0.131. The van der Waals surface area contributed by atoms with E-state index >= 15 is 0 Å². The molecule has 0 aliphatic carbocycles. The Labute approximate surface area is 87.2 Å². The molecule has 0 radical (unpaired) electrons. The summed E-state index contributed by atoms with van der Waals surface area (Å²) in [5, 5.41) is 0. The first-order chi connectivity index (χ1) is 5.61. The summed E-state index contributed by atoms with van der Waals surface area (Å²) in [4.78, 5) is 15.3. The first-order valence-corrected chi connectivity index (χ1v) is 5.37. The third-order valence-electron chi connectivity index (χ3n) is 2.29. The van der Waals surface area contributed by atoms with E-state index in [1.807, 2.05) is 27.5 Å². The normalized spacial score (nSPS) is 20.2. The van der Waals surface area contributed by atoms with Crippen LogP contribution in [0.25, 0.3) is 0 Å². The van der Waals surface area contributed by atoms with Gasteiger partial charge in [0.2, 0.25) is 0 Å². The molecule has 0 aromatic carbocycles. The Balaban J connectivity index is 2.34. The Kier molecular flexibility index (Phi) is 3.77. The van der Waals surface area contributed by atoms with Crippen molar-refractivity contribution in [2.24, 2.45) is 0 Å². The third-order valence-corrected chi connectivity index (χ3v) is 2.98. The minimum atomic E-state index is 0.177. The molecule has 1 heterocycles.